The van der Waals surface area contributed by atoms with Crippen molar-refractivity contribution < 1.29 is 14.7 Å². The minimum absolute atomic E-state index is 0.0643. The van der Waals surface area contributed by atoms with Gasteiger partial charge >= 0.3 is 5.97 Å². The Balaban J connectivity index is 2.86. The van der Waals surface area contributed by atoms with Crippen molar-refractivity contribution in [2.75, 3.05) is 5.32 Å². The molecule has 19 heavy (non-hydrogen) atoms. The second kappa shape index (κ2) is 6.68. The number of rotatable bonds is 5. The summed E-state index contributed by atoms with van der Waals surface area (Å²) in [6.45, 7) is 3.86. The summed E-state index contributed by atoms with van der Waals surface area (Å²) >= 11 is 3.14. The second-order valence-corrected chi connectivity index (χ2v) is 5.25. The number of nitrogens with one attached hydrogen (secondary N) is 1. The summed E-state index contributed by atoms with van der Waals surface area (Å²) in [5.41, 5.74) is 6.32. The second-order valence-electron chi connectivity index (χ2n) is 4.40. The van der Waals surface area contributed by atoms with Crippen molar-refractivity contribution in [3.8, 4) is 0 Å². The van der Waals surface area contributed by atoms with Crippen molar-refractivity contribution >= 4 is 33.5 Å². The van der Waals surface area contributed by atoms with Gasteiger partial charge in [0.25, 0.3) is 0 Å². The maximum atomic E-state index is 11.9. The number of carboxylic acid groups (broad SMARTS) is 1. The number of carbonyl (C=O) groups is 2. The van der Waals surface area contributed by atoms with Gasteiger partial charge in [-0.3, -0.25) is 4.79 Å². The van der Waals surface area contributed by atoms with E-state index in [1.165, 1.54) is 6.07 Å². The fourth-order valence-corrected chi connectivity index (χ4v) is 1.92. The Morgan fingerprint density at radius 3 is 2.63 bits per heavy atom. The number of anilines is 1. The number of hydrogen-bond acceptors (Lipinski definition) is 3. The molecule has 0 heterocycles. The summed E-state index contributed by atoms with van der Waals surface area (Å²) in [7, 11) is 0. The first-order valence-corrected chi connectivity index (χ1v) is 6.75. The number of aromatic carboxylic acids is 1. The number of benzene rings is 1. The summed E-state index contributed by atoms with van der Waals surface area (Å²) in [6, 6.07) is 3.99. The molecule has 4 N–H and O–H groups in total. The fourth-order valence-electron chi connectivity index (χ4n) is 1.50. The summed E-state index contributed by atoms with van der Waals surface area (Å²) in [4.78, 5) is 22.9. The number of carboxylic acids is 1. The van der Waals surface area contributed by atoms with Gasteiger partial charge in [0.1, 0.15) is 0 Å². The van der Waals surface area contributed by atoms with E-state index in [9.17, 15) is 9.59 Å². The predicted molar refractivity (Wildman–Crippen MR) is 77.2 cm³/mol. The van der Waals surface area contributed by atoms with E-state index in [0.29, 0.717) is 10.2 Å². The highest BCUT2D eigenvalue weighted by atomic mass is 79.9. The number of hydrogen-bond donors (Lipinski definition) is 3. The SMILES string of the molecule is CCC(C)C(N)C(=O)Nc1ccc(Br)c(C(=O)O)c1. The molecule has 0 radical (unpaired) electrons. The average molecular weight is 329 g/mol. The minimum atomic E-state index is -1.06. The Labute approximate surface area is 120 Å². The van der Waals surface area contributed by atoms with Gasteiger partial charge in [0.2, 0.25) is 5.91 Å². The van der Waals surface area contributed by atoms with Crippen LogP contribution in [0, 0.1) is 5.92 Å². The minimum Gasteiger partial charge on any atom is -0.478 e. The van der Waals surface area contributed by atoms with Crippen molar-refractivity contribution in [1.29, 1.82) is 0 Å². The topological polar surface area (TPSA) is 92.4 Å². The highest BCUT2D eigenvalue weighted by molar-refractivity contribution is 9.10. The number of amides is 1. The van der Waals surface area contributed by atoms with Crippen molar-refractivity contribution in [3.05, 3.63) is 28.2 Å². The van der Waals surface area contributed by atoms with Gasteiger partial charge in [-0.15, -0.1) is 0 Å². The van der Waals surface area contributed by atoms with Gasteiger partial charge in [0, 0.05) is 10.2 Å². The van der Waals surface area contributed by atoms with Crippen LogP contribution in [0.3, 0.4) is 0 Å². The highest BCUT2D eigenvalue weighted by Crippen LogP contribution is 2.21. The van der Waals surface area contributed by atoms with Gasteiger partial charge in [0.15, 0.2) is 0 Å². The lowest BCUT2D eigenvalue weighted by Gasteiger charge is -2.18. The van der Waals surface area contributed by atoms with E-state index < -0.39 is 12.0 Å². The molecule has 0 saturated heterocycles. The zero-order valence-electron chi connectivity index (χ0n) is 10.8. The molecule has 1 aromatic rings. The molecule has 0 aliphatic heterocycles. The molecule has 1 amide bonds. The first-order valence-electron chi connectivity index (χ1n) is 5.96. The first-order chi connectivity index (χ1) is 8.86. The summed E-state index contributed by atoms with van der Waals surface area (Å²) in [6.07, 6.45) is 0.801. The number of halogens is 1. The van der Waals surface area contributed by atoms with Crippen LogP contribution < -0.4 is 11.1 Å². The van der Waals surface area contributed by atoms with Crippen LogP contribution in [0.4, 0.5) is 5.69 Å². The first kappa shape index (κ1) is 15.7. The standard InChI is InChI=1S/C13H17BrN2O3/c1-3-7(2)11(15)12(17)16-8-4-5-10(14)9(6-8)13(18)19/h4-7,11H,3,15H2,1-2H3,(H,16,17)(H,18,19). The maximum absolute atomic E-state index is 11.9. The zero-order chi connectivity index (χ0) is 14.6. The van der Waals surface area contributed by atoms with Crippen LogP contribution in [0.15, 0.2) is 22.7 Å². The molecule has 0 fully saturated rings. The molecule has 5 nitrogen and oxygen atoms in total. The normalized spacial score (nSPS) is 13.7. The molecule has 0 aliphatic rings. The summed E-state index contributed by atoms with van der Waals surface area (Å²) < 4.78 is 0.462. The number of nitrogens with two attached hydrogens (primary N) is 1. The largest absolute Gasteiger partial charge is 0.478 e. The van der Waals surface area contributed by atoms with Crippen LogP contribution in [-0.4, -0.2) is 23.0 Å². The van der Waals surface area contributed by atoms with Gasteiger partial charge in [-0.25, -0.2) is 4.79 Å². The lowest BCUT2D eigenvalue weighted by Crippen LogP contribution is -2.40. The Kier molecular flexibility index (Phi) is 5.50. The monoisotopic (exact) mass is 328 g/mol. The van der Waals surface area contributed by atoms with Gasteiger partial charge < -0.3 is 16.2 Å². The predicted octanol–water partition coefficient (Wildman–Crippen LogP) is 2.46. The molecule has 1 aromatic carbocycles. The van der Waals surface area contributed by atoms with Crippen LogP contribution in [0.1, 0.15) is 30.6 Å². The molecule has 104 valence electrons. The molecule has 0 aliphatic carbocycles. The quantitative estimate of drug-likeness (QED) is 0.774. The number of carbonyl (C=O) groups excluding carboxylic acids is 1. The third kappa shape index (κ3) is 4.04. The Hall–Kier alpha value is -1.40. The summed E-state index contributed by atoms with van der Waals surface area (Å²) in [5, 5.41) is 11.6. The molecule has 0 bridgehead atoms. The van der Waals surface area contributed by atoms with Gasteiger partial charge in [-0.2, -0.15) is 0 Å². The van der Waals surface area contributed by atoms with E-state index >= 15 is 0 Å². The highest BCUT2D eigenvalue weighted by Gasteiger charge is 2.20. The molecular weight excluding hydrogens is 312 g/mol. The molecule has 1 rings (SSSR count). The van der Waals surface area contributed by atoms with Crippen molar-refractivity contribution in [2.24, 2.45) is 11.7 Å². The van der Waals surface area contributed by atoms with E-state index in [0.717, 1.165) is 6.42 Å². The molecule has 6 heteroatoms. The Bertz CT molecular complexity index is 491. The lowest BCUT2D eigenvalue weighted by molar-refractivity contribution is -0.118. The van der Waals surface area contributed by atoms with Crippen LogP contribution >= 0.6 is 15.9 Å². The van der Waals surface area contributed by atoms with E-state index in [1.807, 2.05) is 13.8 Å². The van der Waals surface area contributed by atoms with Crippen molar-refractivity contribution in [3.63, 3.8) is 0 Å². The van der Waals surface area contributed by atoms with Crippen LogP contribution in [0.2, 0.25) is 0 Å². The zero-order valence-corrected chi connectivity index (χ0v) is 12.4. The average Bonchev–Trinajstić information content (AvgIpc) is 2.38. The van der Waals surface area contributed by atoms with Gasteiger partial charge in [-0.1, -0.05) is 20.3 Å². The third-order valence-electron chi connectivity index (χ3n) is 3.02. The third-order valence-corrected chi connectivity index (χ3v) is 3.72. The van der Waals surface area contributed by atoms with Crippen LogP contribution in [0.5, 0.6) is 0 Å². The van der Waals surface area contributed by atoms with E-state index in [2.05, 4.69) is 21.2 Å². The van der Waals surface area contributed by atoms with Crippen LogP contribution in [0.25, 0.3) is 0 Å². The Morgan fingerprint density at radius 1 is 1.47 bits per heavy atom. The smallest absolute Gasteiger partial charge is 0.336 e. The van der Waals surface area contributed by atoms with Crippen LogP contribution in [-0.2, 0) is 4.79 Å². The molecule has 2 atom stereocenters. The molecule has 2 unspecified atom stereocenters. The van der Waals surface area contributed by atoms with E-state index in [4.69, 9.17) is 10.8 Å². The molecule has 0 saturated carbocycles. The fraction of sp³-hybridized carbons (Fsp3) is 0.385. The summed E-state index contributed by atoms with van der Waals surface area (Å²) in [5.74, 6) is -1.31. The molecule has 0 aromatic heterocycles. The van der Waals surface area contributed by atoms with Gasteiger partial charge in [-0.05, 0) is 40.0 Å². The van der Waals surface area contributed by atoms with Crippen molar-refractivity contribution in [2.45, 2.75) is 26.3 Å². The maximum Gasteiger partial charge on any atom is 0.336 e. The van der Waals surface area contributed by atoms with Crippen molar-refractivity contribution in [1.82, 2.24) is 0 Å². The molecule has 0 spiro atoms. The Morgan fingerprint density at radius 2 is 2.11 bits per heavy atom. The lowest BCUT2D eigenvalue weighted by atomic mass is 9.99. The van der Waals surface area contributed by atoms with Gasteiger partial charge in [0.05, 0.1) is 11.6 Å². The van der Waals surface area contributed by atoms with E-state index in [1.54, 1.807) is 12.1 Å². The molecular formula is C13H17BrN2O3. The van der Waals surface area contributed by atoms with E-state index in [-0.39, 0.29) is 17.4 Å².